The maximum Gasteiger partial charge on any atom is 0.416 e. The van der Waals surface area contributed by atoms with Crippen molar-refractivity contribution in [3.63, 3.8) is 0 Å². The SMILES string of the molecule is CC(C)(C)C[C@H](NC(=O)OC(C)(C)C)C(=O)N[C@H]1CC[C@@H]2CN(S(=O)(=O)c3ccc(C(F)(F)F)cc3)C[C@@H]21. The number of halogens is 3. The van der Waals surface area contributed by atoms with E-state index in [-0.39, 0.29) is 47.2 Å². The fourth-order valence-electron chi connectivity index (χ4n) is 5.12. The minimum atomic E-state index is -4.55. The second-order valence-corrected chi connectivity index (χ2v) is 14.4. The molecule has 1 saturated carbocycles. The van der Waals surface area contributed by atoms with Crippen molar-refractivity contribution < 1.29 is 35.9 Å². The third kappa shape index (κ3) is 7.62. The van der Waals surface area contributed by atoms with E-state index in [4.69, 9.17) is 4.74 Å². The Bertz CT molecular complexity index is 1120. The van der Waals surface area contributed by atoms with Crippen LogP contribution in [0, 0.1) is 17.3 Å². The Hall–Kier alpha value is -2.34. The molecule has 3 rings (SSSR count). The lowest BCUT2D eigenvalue weighted by Gasteiger charge is -2.29. The molecule has 2 aliphatic rings. The summed E-state index contributed by atoms with van der Waals surface area (Å²) in [6.45, 7) is 11.5. The van der Waals surface area contributed by atoms with E-state index in [1.807, 2.05) is 20.8 Å². The summed E-state index contributed by atoms with van der Waals surface area (Å²) in [6, 6.07) is 2.36. The van der Waals surface area contributed by atoms with Gasteiger partial charge in [0.05, 0.1) is 10.5 Å². The van der Waals surface area contributed by atoms with Crippen LogP contribution in [0.2, 0.25) is 0 Å². The maximum atomic E-state index is 13.3. The van der Waals surface area contributed by atoms with Gasteiger partial charge in [0.15, 0.2) is 0 Å². The van der Waals surface area contributed by atoms with E-state index in [0.29, 0.717) is 19.3 Å². The van der Waals surface area contributed by atoms with Gasteiger partial charge in [-0.3, -0.25) is 4.79 Å². The number of alkyl carbamates (subject to hydrolysis) is 1. The van der Waals surface area contributed by atoms with Crippen molar-refractivity contribution in [3.8, 4) is 0 Å². The number of benzene rings is 1. The maximum absolute atomic E-state index is 13.3. The normalized spacial score (nSPS) is 23.6. The number of fused-ring (bicyclic) bond motifs is 1. The quantitative estimate of drug-likeness (QED) is 0.530. The molecule has 0 unspecified atom stereocenters. The molecule has 1 aromatic rings. The van der Waals surface area contributed by atoms with Gasteiger partial charge in [-0.2, -0.15) is 17.5 Å². The molecule has 214 valence electrons. The molecule has 0 aromatic heterocycles. The predicted molar refractivity (Wildman–Crippen MR) is 136 cm³/mol. The zero-order valence-corrected chi connectivity index (χ0v) is 23.5. The van der Waals surface area contributed by atoms with Gasteiger partial charge < -0.3 is 15.4 Å². The number of carbonyl (C=O) groups is 2. The third-order valence-corrected chi connectivity index (χ3v) is 8.64. The minimum Gasteiger partial charge on any atom is -0.444 e. The van der Waals surface area contributed by atoms with Crippen molar-refractivity contribution in [2.75, 3.05) is 13.1 Å². The van der Waals surface area contributed by atoms with E-state index < -0.39 is 39.5 Å². The van der Waals surface area contributed by atoms with Crippen LogP contribution in [0.3, 0.4) is 0 Å². The van der Waals surface area contributed by atoms with Crippen molar-refractivity contribution in [2.45, 2.75) is 89.6 Å². The van der Waals surface area contributed by atoms with Crippen LogP contribution in [0.1, 0.15) is 66.4 Å². The molecule has 2 amide bonds. The van der Waals surface area contributed by atoms with E-state index in [2.05, 4.69) is 10.6 Å². The molecule has 1 saturated heterocycles. The molecule has 1 aliphatic carbocycles. The first-order valence-corrected chi connectivity index (χ1v) is 14.2. The van der Waals surface area contributed by atoms with E-state index in [1.165, 1.54) is 4.31 Å². The number of carbonyl (C=O) groups excluding carboxylic acids is 2. The van der Waals surface area contributed by atoms with Gasteiger partial charge in [-0.1, -0.05) is 20.8 Å². The second kappa shape index (κ2) is 10.7. The van der Waals surface area contributed by atoms with Gasteiger partial charge in [0.25, 0.3) is 0 Å². The zero-order valence-electron chi connectivity index (χ0n) is 22.7. The number of rotatable bonds is 6. The topological polar surface area (TPSA) is 105 Å². The van der Waals surface area contributed by atoms with Crippen molar-refractivity contribution in [3.05, 3.63) is 29.8 Å². The Morgan fingerprint density at radius 3 is 2.16 bits per heavy atom. The first-order chi connectivity index (χ1) is 17.3. The first kappa shape index (κ1) is 30.2. The fourth-order valence-corrected chi connectivity index (χ4v) is 6.65. The molecule has 1 aromatic carbocycles. The third-order valence-electron chi connectivity index (χ3n) is 6.79. The summed E-state index contributed by atoms with van der Waals surface area (Å²) in [6.07, 6.45) is -3.50. The van der Waals surface area contributed by atoms with Crippen LogP contribution in [0.4, 0.5) is 18.0 Å². The molecular formula is C26H38F3N3O5S. The van der Waals surface area contributed by atoms with Crippen LogP contribution in [-0.2, 0) is 25.7 Å². The van der Waals surface area contributed by atoms with Gasteiger partial charge in [0.2, 0.25) is 15.9 Å². The first-order valence-electron chi connectivity index (χ1n) is 12.7. The average Bonchev–Trinajstić information content (AvgIpc) is 3.33. The highest BCUT2D eigenvalue weighted by Gasteiger charge is 2.47. The molecule has 38 heavy (non-hydrogen) atoms. The van der Waals surface area contributed by atoms with Crippen LogP contribution in [0.25, 0.3) is 0 Å². The van der Waals surface area contributed by atoms with Crippen molar-refractivity contribution in [2.24, 2.45) is 17.3 Å². The van der Waals surface area contributed by atoms with Gasteiger partial charge in [-0.25, -0.2) is 13.2 Å². The Balaban J connectivity index is 1.69. The number of alkyl halides is 3. The molecule has 0 radical (unpaired) electrons. The summed E-state index contributed by atoms with van der Waals surface area (Å²) in [7, 11) is -3.99. The predicted octanol–water partition coefficient (Wildman–Crippen LogP) is 4.55. The summed E-state index contributed by atoms with van der Waals surface area (Å²) in [5, 5.41) is 5.69. The molecule has 0 spiro atoms. The highest BCUT2D eigenvalue weighted by atomic mass is 32.2. The number of nitrogens with one attached hydrogen (secondary N) is 2. The van der Waals surface area contributed by atoms with Gasteiger partial charge in [0.1, 0.15) is 11.6 Å². The van der Waals surface area contributed by atoms with Crippen molar-refractivity contribution >= 4 is 22.0 Å². The van der Waals surface area contributed by atoms with Crippen molar-refractivity contribution in [1.82, 2.24) is 14.9 Å². The molecule has 1 heterocycles. The standard InChI is InChI=1S/C26H38F3N3O5S/c1-24(2,3)13-21(31-23(34)37-25(4,5)6)22(33)30-20-12-7-16-14-32(15-19(16)20)38(35,36)18-10-8-17(9-11-18)26(27,28)29/h8-11,16,19-21H,7,12-15H2,1-6H3,(H,30,33)(H,31,34)/t16-,19+,20+,21+/m1/s1. The fraction of sp³-hybridized carbons (Fsp3) is 0.692. The summed E-state index contributed by atoms with van der Waals surface area (Å²) >= 11 is 0. The van der Waals surface area contributed by atoms with E-state index in [0.717, 1.165) is 24.3 Å². The van der Waals surface area contributed by atoms with Gasteiger partial charge >= 0.3 is 12.3 Å². The van der Waals surface area contributed by atoms with Crippen LogP contribution in [-0.4, -0.2) is 55.5 Å². The van der Waals surface area contributed by atoms with Crippen LogP contribution in [0.5, 0.6) is 0 Å². The molecular weight excluding hydrogens is 523 g/mol. The molecule has 2 fully saturated rings. The summed E-state index contributed by atoms with van der Waals surface area (Å²) in [5.74, 6) is -0.482. The van der Waals surface area contributed by atoms with Gasteiger partial charge in [-0.05, 0) is 81.5 Å². The summed E-state index contributed by atoms with van der Waals surface area (Å²) in [5.41, 5.74) is -1.91. The highest BCUT2D eigenvalue weighted by Crippen LogP contribution is 2.40. The van der Waals surface area contributed by atoms with E-state index in [9.17, 15) is 31.2 Å². The molecule has 12 heteroatoms. The summed E-state index contributed by atoms with van der Waals surface area (Å²) in [4.78, 5) is 25.5. The molecule has 1 aliphatic heterocycles. The molecule has 0 bridgehead atoms. The number of amides is 2. The van der Waals surface area contributed by atoms with Gasteiger partial charge in [-0.15, -0.1) is 0 Å². The Morgan fingerprint density at radius 1 is 1.03 bits per heavy atom. The smallest absolute Gasteiger partial charge is 0.416 e. The zero-order chi connectivity index (χ0) is 28.7. The number of hydrogen-bond donors (Lipinski definition) is 2. The lowest BCUT2D eigenvalue weighted by molar-refractivity contribution is -0.137. The number of ether oxygens (including phenoxy) is 1. The summed E-state index contributed by atoms with van der Waals surface area (Å²) < 4.78 is 71.6. The number of hydrogen-bond acceptors (Lipinski definition) is 5. The average molecular weight is 562 g/mol. The van der Waals surface area contributed by atoms with Crippen molar-refractivity contribution in [1.29, 1.82) is 0 Å². The highest BCUT2D eigenvalue weighted by molar-refractivity contribution is 7.89. The lowest BCUT2D eigenvalue weighted by Crippen LogP contribution is -2.52. The lowest BCUT2D eigenvalue weighted by atomic mass is 9.87. The largest absolute Gasteiger partial charge is 0.444 e. The molecule has 8 nitrogen and oxygen atoms in total. The second-order valence-electron chi connectivity index (χ2n) is 12.4. The van der Waals surface area contributed by atoms with E-state index >= 15 is 0 Å². The van der Waals surface area contributed by atoms with E-state index in [1.54, 1.807) is 20.8 Å². The van der Waals surface area contributed by atoms with Crippen LogP contribution < -0.4 is 10.6 Å². The number of nitrogens with zero attached hydrogens (tertiary/aromatic N) is 1. The number of sulfonamides is 1. The van der Waals surface area contributed by atoms with Crippen LogP contribution >= 0.6 is 0 Å². The molecule has 4 atom stereocenters. The Kier molecular flexibility index (Phi) is 8.48. The monoisotopic (exact) mass is 561 g/mol. The van der Waals surface area contributed by atoms with Gasteiger partial charge in [0, 0.05) is 19.1 Å². The molecule has 2 N–H and O–H groups in total. The Labute approximate surface area is 222 Å². The minimum absolute atomic E-state index is 0.0180. The van der Waals surface area contributed by atoms with Crippen LogP contribution in [0.15, 0.2) is 29.2 Å². The Morgan fingerprint density at radius 2 is 1.63 bits per heavy atom.